The summed E-state index contributed by atoms with van der Waals surface area (Å²) in [7, 11) is 0. The first-order chi connectivity index (χ1) is 10.5. The Morgan fingerprint density at radius 2 is 1.95 bits per heavy atom. The van der Waals surface area contributed by atoms with Crippen molar-refractivity contribution in [3.05, 3.63) is 58.5 Å². The minimum atomic E-state index is -0.443. The molecule has 6 nitrogen and oxygen atoms in total. The van der Waals surface area contributed by atoms with Crippen LogP contribution in [0.15, 0.2) is 45.9 Å². The molecule has 2 aromatic rings. The highest BCUT2D eigenvalue weighted by atomic mass is 35.5. The van der Waals surface area contributed by atoms with Crippen molar-refractivity contribution in [2.45, 2.75) is 6.92 Å². The largest absolute Gasteiger partial charge is 0.460 e. The maximum absolute atomic E-state index is 11.8. The van der Waals surface area contributed by atoms with Gasteiger partial charge < -0.3 is 9.73 Å². The molecule has 0 bridgehead atoms. The molecule has 2 amide bonds. The topological polar surface area (TPSA) is 83.7 Å². The first kappa shape index (κ1) is 15.8. The molecule has 1 aromatic heterocycles. The lowest BCUT2D eigenvalue weighted by molar-refractivity contribution is -0.120. The van der Waals surface area contributed by atoms with Crippen LogP contribution in [0, 0.1) is 6.92 Å². The highest BCUT2D eigenvalue weighted by Gasteiger charge is 2.07. The molecule has 2 N–H and O–H groups in total. The van der Waals surface area contributed by atoms with Gasteiger partial charge in [-0.15, -0.1) is 0 Å². The van der Waals surface area contributed by atoms with Crippen molar-refractivity contribution in [2.75, 3.05) is 6.54 Å². The second-order valence-corrected chi connectivity index (χ2v) is 4.87. The fraction of sp³-hybridized carbons (Fsp3) is 0.133. The van der Waals surface area contributed by atoms with E-state index in [-0.39, 0.29) is 12.5 Å². The number of hydrogen-bond acceptors (Lipinski definition) is 4. The molecule has 22 heavy (non-hydrogen) atoms. The van der Waals surface area contributed by atoms with Gasteiger partial charge in [-0.25, -0.2) is 5.43 Å². The smallest absolute Gasteiger partial charge is 0.259 e. The van der Waals surface area contributed by atoms with E-state index in [1.807, 2.05) is 6.92 Å². The van der Waals surface area contributed by atoms with Crippen LogP contribution in [0.25, 0.3) is 0 Å². The van der Waals surface area contributed by atoms with Crippen molar-refractivity contribution < 1.29 is 14.0 Å². The van der Waals surface area contributed by atoms with Crippen molar-refractivity contribution in [1.82, 2.24) is 10.7 Å². The number of halogens is 1. The molecule has 1 aromatic carbocycles. The van der Waals surface area contributed by atoms with E-state index < -0.39 is 5.91 Å². The van der Waals surface area contributed by atoms with Gasteiger partial charge in [0.05, 0.1) is 12.8 Å². The number of aryl methyl sites for hydroxylation is 1. The molecule has 0 saturated heterocycles. The Labute approximate surface area is 132 Å². The van der Waals surface area contributed by atoms with E-state index >= 15 is 0 Å². The zero-order chi connectivity index (χ0) is 15.9. The third-order valence-electron chi connectivity index (χ3n) is 2.66. The summed E-state index contributed by atoms with van der Waals surface area (Å²) in [4.78, 5) is 23.3. The Balaban J connectivity index is 1.76. The monoisotopic (exact) mass is 319 g/mol. The molecule has 0 saturated carbocycles. The minimum absolute atomic E-state index is 0.185. The molecule has 7 heteroatoms. The van der Waals surface area contributed by atoms with Crippen LogP contribution in [0.5, 0.6) is 0 Å². The number of nitrogens with one attached hydrogen (secondary N) is 2. The van der Waals surface area contributed by atoms with Crippen molar-refractivity contribution in [1.29, 1.82) is 0 Å². The minimum Gasteiger partial charge on any atom is -0.460 e. The van der Waals surface area contributed by atoms with Gasteiger partial charge in [0.15, 0.2) is 0 Å². The summed E-state index contributed by atoms with van der Waals surface area (Å²) < 4.78 is 5.25. The second kappa shape index (κ2) is 7.42. The summed E-state index contributed by atoms with van der Waals surface area (Å²) in [5.74, 6) is 0.477. The number of carbonyl (C=O) groups excluding carboxylic acids is 2. The van der Waals surface area contributed by atoms with Crippen LogP contribution in [0.1, 0.15) is 21.9 Å². The first-order valence-electron chi connectivity index (χ1n) is 6.47. The molecule has 0 spiro atoms. The van der Waals surface area contributed by atoms with Gasteiger partial charge in [0.1, 0.15) is 11.5 Å². The number of furan rings is 1. The van der Waals surface area contributed by atoms with Crippen LogP contribution in [0.2, 0.25) is 5.02 Å². The van der Waals surface area contributed by atoms with Crippen LogP contribution in [0.4, 0.5) is 0 Å². The summed E-state index contributed by atoms with van der Waals surface area (Å²) in [5.41, 5.74) is 2.71. The van der Waals surface area contributed by atoms with Crippen LogP contribution in [-0.2, 0) is 4.79 Å². The highest BCUT2D eigenvalue weighted by molar-refractivity contribution is 6.30. The molecule has 0 radical (unpaired) electrons. The van der Waals surface area contributed by atoms with Crippen LogP contribution >= 0.6 is 11.6 Å². The molecular formula is C15H14ClN3O3. The SMILES string of the molecule is Cc1ccc(/C=N\NC(=O)CNC(=O)c2ccc(Cl)cc2)o1. The van der Waals surface area contributed by atoms with Gasteiger partial charge in [0, 0.05) is 10.6 Å². The van der Waals surface area contributed by atoms with Crippen LogP contribution in [-0.4, -0.2) is 24.6 Å². The van der Waals surface area contributed by atoms with Crippen molar-refractivity contribution in [2.24, 2.45) is 5.10 Å². The molecular weight excluding hydrogens is 306 g/mol. The van der Waals surface area contributed by atoms with Gasteiger partial charge in [-0.3, -0.25) is 9.59 Å². The van der Waals surface area contributed by atoms with E-state index in [4.69, 9.17) is 16.0 Å². The maximum atomic E-state index is 11.8. The predicted molar refractivity (Wildman–Crippen MR) is 83.0 cm³/mol. The maximum Gasteiger partial charge on any atom is 0.259 e. The zero-order valence-corrected chi connectivity index (χ0v) is 12.6. The summed E-state index contributed by atoms with van der Waals surface area (Å²) in [6.07, 6.45) is 1.38. The van der Waals surface area contributed by atoms with Crippen LogP contribution in [0.3, 0.4) is 0 Å². The lowest BCUT2D eigenvalue weighted by atomic mass is 10.2. The fourth-order valence-corrected chi connectivity index (χ4v) is 1.72. The molecule has 0 aliphatic heterocycles. The number of hydrogen-bond donors (Lipinski definition) is 2. The van der Waals surface area contributed by atoms with E-state index in [2.05, 4.69) is 15.8 Å². The van der Waals surface area contributed by atoms with Gasteiger partial charge in [0.2, 0.25) is 0 Å². The lowest BCUT2D eigenvalue weighted by Crippen LogP contribution is -2.34. The summed E-state index contributed by atoms with van der Waals surface area (Å²) in [6.45, 7) is 1.62. The standard InChI is InChI=1S/C15H14ClN3O3/c1-10-2-7-13(22-10)8-18-19-14(20)9-17-15(21)11-3-5-12(16)6-4-11/h2-8H,9H2,1H3,(H,17,21)(H,19,20)/b18-8-. The average Bonchev–Trinajstić information content (AvgIpc) is 2.91. The Bertz CT molecular complexity index is 692. The van der Waals surface area contributed by atoms with E-state index in [1.165, 1.54) is 6.21 Å². The van der Waals surface area contributed by atoms with Crippen molar-refractivity contribution >= 4 is 29.6 Å². The van der Waals surface area contributed by atoms with Gasteiger partial charge in [-0.05, 0) is 43.3 Å². The molecule has 0 fully saturated rings. The Kier molecular flexibility index (Phi) is 5.32. The number of nitrogens with zero attached hydrogens (tertiary/aromatic N) is 1. The normalized spacial score (nSPS) is 10.6. The molecule has 0 unspecified atom stereocenters. The van der Waals surface area contributed by atoms with Gasteiger partial charge in [0.25, 0.3) is 11.8 Å². The molecule has 0 atom stereocenters. The quantitative estimate of drug-likeness (QED) is 0.654. The van der Waals surface area contributed by atoms with E-state index in [1.54, 1.807) is 36.4 Å². The summed E-state index contributed by atoms with van der Waals surface area (Å²) >= 11 is 5.73. The molecule has 1 heterocycles. The number of hydrazone groups is 1. The highest BCUT2D eigenvalue weighted by Crippen LogP contribution is 2.09. The molecule has 0 aliphatic rings. The third-order valence-corrected chi connectivity index (χ3v) is 2.91. The molecule has 2 rings (SSSR count). The van der Waals surface area contributed by atoms with E-state index in [9.17, 15) is 9.59 Å². The number of rotatable bonds is 5. The first-order valence-corrected chi connectivity index (χ1v) is 6.84. The van der Waals surface area contributed by atoms with Crippen molar-refractivity contribution in [3.63, 3.8) is 0 Å². The molecule has 114 valence electrons. The van der Waals surface area contributed by atoms with Crippen LogP contribution < -0.4 is 10.7 Å². The number of amides is 2. The van der Waals surface area contributed by atoms with Gasteiger partial charge in [-0.1, -0.05) is 11.6 Å². The van der Waals surface area contributed by atoms with E-state index in [0.717, 1.165) is 5.76 Å². The zero-order valence-electron chi connectivity index (χ0n) is 11.8. The Morgan fingerprint density at radius 1 is 1.23 bits per heavy atom. The second-order valence-electron chi connectivity index (χ2n) is 4.43. The fourth-order valence-electron chi connectivity index (χ4n) is 1.59. The van der Waals surface area contributed by atoms with E-state index in [0.29, 0.717) is 16.3 Å². The van der Waals surface area contributed by atoms with Crippen molar-refractivity contribution in [3.8, 4) is 0 Å². The van der Waals surface area contributed by atoms with Gasteiger partial charge >= 0.3 is 0 Å². The Hall–Kier alpha value is -2.60. The average molecular weight is 320 g/mol. The summed E-state index contributed by atoms with van der Waals surface area (Å²) in [6, 6.07) is 9.88. The Morgan fingerprint density at radius 3 is 2.59 bits per heavy atom. The lowest BCUT2D eigenvalue weighted by Gasteiger charge is -2.04. The molecule has 0 aliphatic carbocycles. The summed E-state index contributed by atoms with van der Waals surface area (Å²) in [5, 5.41) is 6.75. The third kappa shape index (κ3) is 4.75. The predicted octanol–water partition coefficient (Wildman–Crippen LogP) is 2.12. The van der Waals surface area contributed by atoms with Gasteiger partial charge in [-0.2, -0.15) is 5.10 Å². The number of carbonyl (C=O) groups is 2. The number of benzene rings is 1.